The summed E-state index contributed by atoms with van der Waals surface area (Å²) in [4.78, 5) is 25.2. The Balaban J connectivity index is 1.86. The first-order valence-electron chi connectivity index (χ1n) is 7.20. The van der Waals surface area contributed by atoms with Gasteiger partial charge in [0.15, 0.2) is 0 Å². The molecule has 2 amide bonds. The average Bonchev–Trinajstić information content (AvgIpc) is 2.83. The number of anilines is 1. The number of carbonyl (C=O) groups is 2. The third-order valence-corrected chi connectivity index (χ3v) is 5.90. The molecule has 1 aliphatic heterocycles. The number of thioether (sulfide) groups is 1. The molecule has 0 radical (unpaired) electrons. The summed E-state index contributed by atoms with van der Waals surface area (Å²) in [6.45, 7) is 0. The van der Waals surface area contributed by atoms with Crippen LogP contribution in [0.4, 0.5) is 14.0 Å². The SMILES string of the molecule is O=C1C[C@H](Sc2ccc(Cl)cc2)C(=O)N1c1ccc(S(=O)(=O)F)cc1F. The molecule has 2 aromatic carbocycles. The van der Waals surface area contributed by atoms with Gasteiger partial charge < -0.3 is 0 Å². The van der Waals surface area contributed by atoms with Crippen LogP contribution in [0.15, 0.2) is 52.3 Å². The summed E-state index contributed by atoms with van der Waals surface area (Å²) in [5.41, 5.74) is -0.411. The van der Waals surface area contributed by atoms with E-state index in [2.05, 4.69) is 0 Å². The second-order valence-electron chi connectivity index (χ2n) is 5.38. The molecule has 0 bridgehead atoms. The molecule has 2 aromatic rings. The van der Waals surface area contributed by atoms with Gasteiger partial charge >= 0.3 is 10.2 Å². The molecule has 1 aliphatic rings. The van der Waals surface area contributed by atoms with Gasteiger partial charge in [-0.15, -0.1) is 15.6 Å². The van der Waals surface area contributed by atoms with Crippen LogP contribution in [0.5, 0.6) is 0 Å². The minimum absolute atomic E-state index is 0.144. The molecule has 1 fully saturated rings. The zero-order valence-corrected chi connectivity index (χ0v) is 15.2. The van der Waals surface area contributed by atoms with Crippen LogP contribution in [0.2, 0.25) is 5.02 Å². The lowest BCUT2D eigenvalue weighted by atomic mass is 10.3. The lowest BCUT2D eigenvalue weighted by Crippen LogP contribution is -2.31. The highest BCUT2D eigenvalue weighted by atomic mass is 35.5. The summed E-state index contributed by atoms with van der Waals surface area (Å²) in [6, 6.07) is 8.78. The highest BCUT2D eigenvalue weighted by molar-refractivity contribution is 8.00. The van der Waals surface area contributed by atoms with Gasteiger partial charge in [0.25, 0.3) is 0 Å². The summed E-state index contributed by atoms with van der Waals surface area (Å²) in [6.07, 6.45) is -0.144. The molecular weight excluding hydrogens is 408 g/mol. The number of benzene rings is 2. The third kappa shape index (κ3) is 3.74. The average molecular weight is 418 g/mol. The molecule has 0 spiro atoms. The van der Waals surface area contributed by atoms with Gasteiger partial charge in [0.1, 0.15) is 10.7 Å². The molecule has 10 heteroatoms. The molecule has 26 heavy (non-hydrogen) atoms. The molecule has 1 heterocycles. The minimum Gasteiger partial charge on any atom is -0.274 e. The fourth-order valence-electron chi connectivity index (χ4n) is 2.45. The predicted molar refractivity (Wildman–Crippen MR) is 92.9 cm³/mol. The number of hydrogen-bond acceptors (Lipinski definition) is 5. The number of hydrogen-bond donors (Lipinski definition) is 0. The van der Waals surface area contributed by atoms with Crippen molar-refractivity contribution in [1.29, 1.82) is 0 Å². The molecule has 1 saturated heterocycles. The van der Waals surface area contributed by atoms with Crippen molar-refractivity contribution in [3.05, 3.63) is 53.3 Å². The fraction of sp³-hybridized carbons (Fsp3) is 0.125. The fourth-order valence-corrected chi connectivity index (χ4v) is 4.10. The van der Waals surface area contributed by atoms with E-state index in [1.54, 1.807) is 24.3 Å². The summed E-state index contributed by atoms with van der Waals surface area (Å²) >= 11 is 6.93. The Kier molecular flexibility index (Phi) is 5.05. The normalized spacial score (nSPS) is 17.8. The molecule has 0 aromatic heterocycles. The maximum atomic E-state index is 14.2. The predicted octanol–water partition coefficient (Wildman–Crippen LogP) is 3.56. The van der Waals surface area contributed by atoms with Crippen LogP contribution in [0.25, 0.3) is 0 Å². The molecule has 0 unspecified atom stereocenters. The summed E-state index contributed by atoms with van der Waals surface area (Å²) in [5.74, 6) is -2.44. The Morgan fingerprint density at radius 1 is 1.12 bits per heavy atom. The van der Waals surface area contributed by atoms with Gasteiger partial charge in [0.05, 0.1) is 10.9 Å². The van der Waals surface area contributed by atoms with Crippen molar-refractivity contribution in [3.63, 3.8) is 0 Å². The number of imide groups is 1. The Hall–Kier alpha value is -1.97. The minimum atomic E-state index is -5.09. The van der Waals surface area contributed by atoms with Gasteiger partial charge in [-0.3, -0.25) is 9.59 Å². The first-order valence-corrected chi connectivity index (χ1v) is 9.84. The van der Waals surface area contributed by atoms with Gasteiger partial charge in [-0.2, -0.15) is 8.42 Å². The molecule has 3 rings (SSSR count). The monoisotopic (exact) mass is 417 g/mol. The van der Waals surface area contributed by atoms with E-state index >= 15 is 0 Å². The van der Waals surface area contributed by atoms with E-state index in [1.807, 2.05) is 0 Å². The van der Waals surface area contributed by atoms with Gasteiger partial charge in [0, 0.05) is 16.3 Å². The number of amides is 2. The maximum Gasteiger partial charge on any atom is 0.332 e. The molecule has 136 valence electrons. The Labute approximate surface area is 157 Å². The third-order valence-electron chi connectivity index (χ3n) is 3.64. The number of rotatable bonds is 4. The van der Waals surface area contributed by atoms with Crippen LogP contribution in [0.1, 0.15) is 6.42 Å². The van der Waals surface area contributed by atoms with Gasteiger partial charge in [-0.1, -0.05) is 11.6 Å². The van der Waals surface area contributed by atoms with Crippen molar-refractivity contribution in [1.82, 2.24) is 0 Å². The second-order valence-corrected chi connectivity index (χ2v) is 8.44. The van der Waals surface area contributed by atoms with Crippen molar-refractivity contribution in [2.24, 2.45) is 0 Å². The standard InChI is InChI=1S/C16H10ClF2NO4S2/c17-9-1-3-10(4-2-9)25-14-8-15(21)20(16(14)22)13-6-5-11(7-12(13)18)26(19,23)24/h1-7,14H,8H2/t14-/m0/s1. The maximum absolute atomic E-state index is 14.2. The van der Waals surface area contributed by atoms with E-state index in [0.29, 0.717) is 20.9 Å². The summed E-state index contributed by atoms with van der Waals surface area (Å²) < 4.78 is 48.8. The van der Waals surface area contributed by atoms with Crippen molar-refractivity contribution in [2.45, 2.75) is 21.5 Å². The van der Waals surface area contributed by atoms with Gasteiger partial charge in [-0.05, 0) is 42.5 Å². The van der Waals surface area contributed by atoms with Crippen LogP contribution in [0, 0.1) is 5.82 Å². The van der Waals surface area contributed by atoms with E-state index in [0.717, 1.165) is 23.9 Å². The van der Waals surface area contributed by atoms with Crippen LogP contribution < -0.4 is 4.90 Å². The summed E-state index contributed by atoms with van der Waals surface area (Å²) in [5, 5.41) is -0.234. The van der Waals surface area contributed by atoms with Crippen LogP contribution >= 0.6 is 23.4 Å². The first kappa shape index (κ1) is 18.8. The van der Waals surface area contributed by atoms with E-state index in [9.17, 15) is 26.3 Å². The van der Waals surface area contributed by atoms with Crippen molar-refractivity contribution < 1.29 is 26.3 Å². The Bertz CT molecular complexity index is 996. The highest BCUT2D eigenvalue weighted by Crippen LogP contribution is 2.35. The largest absolute Gasteiger partial charge is 0.332 e. The number of nitrogens with zero attached hydrogens (tertiary/aromatic N) is 1. The quantitative estimate of drug-likeness (QED) is 0.562. The zero-order valence-electron chi connectivity index (χ0n) is 12.9. The first-order chi connectivity index (χ1) is 12.2. The number of halogens is 3. The second kappa shape index (κ2) is 6.98. The Morgan fingerprint density at radius 3 is 2.35 bits per heavy atom. The lowest BCUT2D eigenvalue weighted by Gasteiger charge is -2.16. The van der Waals surface area contributed by atoms with Crippen molar-refractivity contribution in [3.8, 4) is 0 Å². The Morgan fingerprint density at radius 2 is 1.77 bits per heavy atom. The molecule has 1 atom stereocenters. The zero-order chi connectivity index (χ0) is 19.1. The van der Waals surface area contributed by atoms with Crippen LogP contribution in [-0.2, 0) is 19.8 Å². The molecule has 0 saturated carbocycles. The molecule has 0 aliphatic carbocycles. The van der Waals surface area contributed by atoms with E-state index < -0.39 is 43.7 Å². The lowest BCUT2D eigenvalue weighted by molar-refractivity contribution is -0.121. The van der Waals surface area contributed by atoms with Crippen molar-refractivity contribution >= 4 is 51.1 Å². The van der Waals surface area contributed by atoms with E-state index in [1.165, 1.54) is 0 Å². The molecular formula is C16H10ClF2NO4S2. The topological polar surface area (TPSA) is 71.5 Å². The molecule has 0 N–H and O–H groups in total. The van der Waals surface area contributed by atoms with E-state index in [-0.39, 0.29) is 6.42 Å². The van der Waals surface area contributed by atoms with Crippen LogP contribution in [-0.4, -0.2) is 25.5 Å². The van der Waals surface area contributed by atoms with Gasteiger partial charge in [-0.25, -0.2) is 9.29 Å². The molecule has 5 nitrogen and oxygen atoms in total. The number of carbonyl (C=O) groups excluding carboxylic acids is 2. The van der Waals surface area contributed by atoms with Gasteiger partial charge in [0.2, 0.25) is 11.8 Å². The van der Waals surface area contributed by atoms with Crippen molar-refractivity contribution in [2.75, 3.05) is 4.90 Å². The smallest absolute Gasteiger partial charge is 0.274 e. The van der Waals surface area contributed by atoms with Crippen LogP contribution in [0.3, 0.4) is 0 Å². The summed E-state index contributed by atoms with van der Waals surface area (Å²) in [7, 11) is -5.09. The van der Waals surface area contributed by atoms with E-state index in [4.69, 9.17) is 11.6 Å². The highest BCUT2D eigenvalue weighted by Gasteiger charge is 2.41.